The fourth-order valence-corrected chi connectivity index (χ4v) is 4.48. The number of thioether (sulfide) groups is 1. The molecule has 0 bridgehead atoms. The van der Waals surface area contributed by atoms with E-state index in [1.807, 2.05) is 84.9 Å². The van der Waals surface area contributed by atoms with Gasteiger partial charge in [0.2, 0.25) is 5.91 Å². The molecule has 0 saturated heterocycles. The topological polar surface area (TPSA) is 53.8 Å². The molecule has 1 aliphatic heterocycles. The van der Waals surface area contributed by atoms with E-state index >= 15 is 0 Å². The van der Waals surface area contributed by atoms with Crippen LogP contribution in [0, 0.1) is 0 Å². The summed E-state index contributed by atoms with van der Waals surface area (Å²) in [4.78, 5) is 22.5. The maximum absolute atomic E-state index is 12.8. The summed E-state index contributed by atoms with van der Waals surface area (Å²) in [6.07, 6.45) is 0.588. The fraction of sp³-hybridized carbons (Fsp3) is 0.0741. The monoisotopic (exact) mass is 435 g/mol. The number of nitrogens with one attached hydrogen (secondary N) is 1. The molecular weight excluding hydrogens is 414 g/mol. The van der Waals surface area contributed by atoms with E-state index in [1.54, 1.807) is 0 Å². The molecule has 0 unspecified atom stereocenters. The van der Waals surface area contributed by atoms with Crippen LogP contribution in [0.3, 0.4) is 0 Å². The Morgan fingerprint density at radius 3 is 2.31 bits per heavy atom. The number of rotatable bonds is 4. The number of hydrogen-bond acceptors (Lipinski definition) is 4. The molecule has 1 aliphatic rings. The molecule has 4 nitrogen and oxygen atoms in total. The summed E-state index contributed by atoms with van der Waals surface area (Å²) in [6.45, 7) is 0. The van der Waals surface area contributed by atoms with Crippen molar-refractivity contribution in [2.24, 2.45) is 9.98 Å². The molecule has 0 radical (unpaired) electrons. The Kier molecular flexibility index (Phi) is 5.81. The lowest BCUT2D eigenvalue weighted by molar-refractivity contribution is -0.113. The Hall–Kier alpha value is -3.70. The molecule has 1 amide bonds. The van der Waals surface area contributed by atoms with Gasteiger partial charge in [0.15, 0.2) is 0 Å². The third kappa shape index (κ3) is 4.48. The first-order chi connectivity index (χ1) is 15.8. The lowest BCUT2D eigenvalue weighted by Gasteiger charge is -2.10. The smallest absolute Gasteiger partial charge is 0.234 e. The number of carbonyl (C=O) groups excluding carboxylic acids is 1. The largest absolute Gasteiger partial charge is 0.325 e. The lowest BCUT2D eigenvalue weighted by atomic mass is 10.1. The van der Waals surface area contributed by atoms with Crippen molar-refractivity contribution >= 4 is 56.3 Å². The van der Waals surface area contributed by atoms with Crippen LogP contribution in [0.4, 0.5) is 17.1 Å². The maximum Gasteiger partial charge on any atom is 0.234 e. The quantitative estimate of drug-likeness (QED) is 0.385. The molecular formula is C27H21N3OS. The van der Waals surface area contributed by atoms with Gasteiger partial charge in [-0.3, -0.25) is 9.79 Å². The van der Waals surface area contributed by atoms with Crippen molar-refractivity contribution in [3.05, 3.63) is 103 Å². The highest BCUT2D eigenvalue weighted by molar-refractivity contribution is 8.14. The molecule has 0 fully saturated rings. The minimum atomic E-state index is -0.0511. The zero-order chi connectivity index (χ0) is 21.8. The minimum absolute atomic E-state index is 0.0511. The van der Waals surface area contributed by atoms with Gasteiger partial charge in [0.1, 0.15) is 0 Å². The van der Waals surface area contributed by atoms with Crippen molar-refractivity contribution in [1.82, 2.24) is 0 Å². The van der Waals surface area contributed by atoms with Crippen molar-refractivity contribution in [2.75, 3.05) is 11.1 Å². The molecule has 0 aliphatic carbocycles. The van der Waals surface area contributed by atoms with Crippen molar-refractivity contribution in [1.29, 1.82) is 0 Å². The Morgan fingerprint density at radius 2 is 1.47 bits per heavy atom. The number of benzene rings is 4. The van der Waals surface area contributed by atoms with Crippen LogP contribution in [-0.2, 0) is 4.79 Å². The predicted octanol–water partition coefficient (Wildman–Crippen LogP) is 6.77. The van der Waals surface area contributed by atoms with Gasteiger partial charge in [0, 0.05) is 17.5 Å². The highest BCUT2D eigenvalue weighted by Crippen LogP contribution is 2.33. The highest BCUT2D eigenvalue weighted by atomic mass is 32.2. The van der Waals surface area contributed by atoms with Crippen LogP contribution in [0.1, 0.15) is 12.0 Å². The normalized spacial score (nSPS) is 13.0. The Balaban J connectivity index is 1.35. The summed E-state index contributed by atoms with van der Waals surface area (Å²) in [5.74, 6) is 0.233. The number of para-hydroxylation sites is 2. The van der Waals surface area contributed by atoms with Gasteiger partial charge in [0.25, 0.3) is 0 Å². The summed E-state index contributed by atoms with van der Waals surface area (Å²) < 4.78 is 0. The van der Waals surface area contributed by atoms with E-state index in [-0.39, 0.29) is 11.7 Å². The molecule has 4 aromatic carbocycles. The number of nitrogens with zero attached hydrogens (tertiary/aromatic N) is 2. The Bertz CT molecular complexity index is 1340. The molecule has 0 atom stereocenters. The molecule has 156 valence electrons. The third-order valence-electron chi connectivity index (χ3n) is 5.24. The number of fused-ring (bicyclic) bond motifs is 2. The second-order valence-corrected chi connectivity index (χ2v) is 8.51. The van der Waals surface area contributed by atoms with E-state index in [0.717, 1.165) is 44.2 Å². The second-order valence-electron chi connectivity index (χ2n) is 7.46. The van der Waals surface area contributed by atoms with E-state index in [0.29, 0.717) is 6.42 Å². The van der Waals surface area contributed by atoms with Gasteiger partial charge < -0.3 is 5.32 Å². The first kappa shape index (κ1) is 20.2. The van der Waals surface area contributed by atoms with Gasteiger partial charge in [-0.25, -0.2) is 4.99 Å². The van der Waals surface area contributed by atoms with Crippen LogP contribution in [0.2, 0.25) is 0 Å². The van der Waals surface area contributed by atoms with E-state index in [4.69, 9.17) is 9.98 Å². The fourth-order valence-electron chi connectivity index (χ4n) is 3.71. The minimum Gasteiger partial charge on any atom is -0.325 e. The van der Waals surface area contributed by atoms with Gasteiger partial charge in [-0.15, -0.1) is 11.8 Å². The molecule has 0 aromatic heterocycles. The van der Waals surface area contributed by atoms with Gasteiger partial charge in [-0.2, -0.15) is 0 Å². The summed E-state index contributed by atoms with van der Waals surface area (Å²) >= 11 is 1.46. The van der Waals surface area contributed by atoms with Crippen LogP contribution in [0.5, 0.6) is 0 Å². The highest BCUT2D eigenvalue weighted by Gasteiger charge is 2.16. The Morgan fingerprint density at radius 1 is 0.781 bits per heavy atom. The number of carbonyl (C=O) groups is 1. The van der Waals surface area contributed by atoms with Crippen LogP contribution >= 0.6 is 11.8 Å². The Labute approximate surface area is 191 Å². The zero-order valence-electron chi connectivity index (χ0n) is 17.4. The van der Waals surface area contributed by atoms with Crippen molar-refractivity contribution in [3.63, 3.8) is 0 Å². The molecule has 5 heteroatoms. The zero-order valence-corrected chi connectivity index (χ0v) is 18.2. The molecule has 4 aromatic rings. The first-order valence-electron chi connectivity index (χ1n) is 10.5. The second kappa shape index (κ2) is 9.20. The molecule has 1 N–H and O–H groups in total. The standard InChI is InChI=1S/C27H21N3OS/c31-26(29-22-16-8-12-19-9-4-5-13-21(19)22)18-32-27-17-25(20-10-2-1-3-11-20)28-23-14-6-7-15-24(23)30-27/h1-16H,17-18H2,(H,29,31). The number of anilines is 1. The number of amides is 1. The van der Waals surface area contributed by atoms with Gasteiger partial charge >= 0.3 is 0 Å². The molecule has 0 saturated carbocycles. The molecule has 32 heavy (non-hydrogen) atoms. The van der Waals surface area contributed by atoms with Crippen molar-refractivity contribution in [3.8, 4) is 0 Å². The molecule has 1 heterocycles. The van der Waals surface area contributed by atoms with Crippen LogP contribution < -0.4 is 5.32 Å². The average molecular weight is 436 g/mol. The van der Waals surface area contributed by atoms with Crippen LogP contribution in [-0.4, -0.2) is 22.4 Å². The average Bonchev–Trinajstić information content (AvgIpc) is 3.03. The number of aliphatic imine (C=N–C) groups is 2. The van der Waals surface area contributed by atoms with Gasteiger partial charge in [-0.1, -0.05) is 78.9 Å². The number of hydrogen-bond donors (Lipinski definition) is 1. The van der Waals surface area contributed by atoms with Crippen molar-refractivity contribution < 1.29 is 4.79 Å². The van der Waals surface area contributed by atoms with E-state index < -0.39 is 0 Å². The third-order valence-corrected chi connectivity index (χ3v) is 6.22. The summed E-state index contributed by atoms with van der Waals surface area (Å²) in [5.41, 5.74) is 4.53. The van der Waals surface area contributed by atoms with Crippen molar-refractivity contribution in [2.45, 2.75) is 6.42 Å². The lowest BCUT2D eigenvalue weighted by Crippen LogP contribution is -2.16. The van der Waals surface area contributed by atoms with E-state index in [9.17, 15) is 4.79 Å². The SMILES string of the molecule is O=C(CSC1=Nc2ccccc2N=C(c2ccccc2)C1)Nc1cccc2ccccc12. The predicted molar refractivity (Wildman–Crippen MR) is 136 cm³/mol. The molecule has 5 rings (SSSR count). The first-order valence-corrected chi connectivity index (χ1v) is 11.4. The van der Waals surface area contributed by atoms with Crippen LogP contribution in [0.15, 0.2) is 107 Å². The molecule has 0 spiro atoms. The van der Waals surface area contributed by atoms with Crippen LogP contribution in [0.25, 0.3) is 10.8 Å². The van der Waals surface area contributed by atoms with E-state index in [2.05, 4.69) is 17.4 Å². The summed E-state index contributed by atoms with van der Waals surface area (Å²) in [6, 6.07) is 32.0. The van der Waals surface area contributed by atoms with Gasteiger partial charge in [0.05, 0.1) is 27.9 Å². The summed E-state index contributed by atoms with van der Waals surface area (Å²) in [7, 11) is 0. The maximum atomic E-state index is 12.8. The van der Waals surface area contributed by atoms with E-state index in [1.165, 1.54) is 11.8 Å². The summed E-state index contributed by atoms with van der Waals surface area (Å²) in [5, 5.41) is 6.08. The van der Waals surface area contributed by atoms with Gasteiger partial charge in [-0.05, 0) is 29.1 Å².